The van der Waals surface area contributed by atoms with Gasteiger partial charge in [0.15, 0.2) is 0 Å². The number of aryl methyl sites for hydroxylation is 1. The third-order valence-electron chi connectivity index (χ3n) is 3.82. The Kier molecular flexibility index (Phi) is 3.59. The lowest BCUT2D eigenvalue weighted by Gasteiger charge is -2.37. The van der Waals surface area contributed by atoms with Crippen LogP contribution in [0.1, 0.15) is 32.5 Å². The first-order valence-electron chi connectivity index (χ1n) is 6.53. The number of hydrogen-bond acceptors (Lipinski definition) is 4. The van der Waals surface area contributed by atoms with Gasteiger partial charge in [-0.25, -0.2) is 4.98 Å². The number of aliphatic carboxylic acids is 1. The molecular weight excluding hydrogens is 246 g/mol. The van der Waals surface area contributed by atoms with E-state index in [1.807, 2.05) is 11.8 Å². The number of H-pyrrole nitrogens is 1. The van der Waals surface area contributed by atoms with Crippen molar-refractivity contribution in [3.8, 4) is 0 Å². The van der Waals surface area contributed by atoms with Gasteiger partial charge in [-0.15, -0.1) is 0 Å². The molecule has 1 aromatic heterocycles. The van der Waals surface area contributed by atoms with Gasteiger partial charge in [-0.1, -0.05) is 6.92 Å². The second kappa shape index (κ2) is 5.03. The second-order valence-corrected chi connectivity index (χ2v) is 5.26. The van der Waals surface area contributed by atoms with Gasteiger partial charge in [0.1, 0.15) is 11.6 Å². The number of nitrogens with one attached hydrogen (secondary N) is 1. The van der Waals surface area contributed by atoms with E-state index in [1.54, 1.807) is 6.92 Å². The Morgan fingerprint density at radius 2 is 2.16 bits per heavy atom. The SMILES string of the molecule is CCc1nc(N2CCC(C)(C(=O)O)CC2)cc(=O)[nH]1. The van der Waals surface area contributed by atoms with E-state index in [-0.39, 0.29) is 5.56 Å². The topological polar surface area (TPSA) is 86.3 Å². The van der Waals surface area contributed by atoms with E-state index >= 15 is 0 Å². The molecule has 19 heavy (non-hydrogen) atoms. The van der Waals surface area contributed by atoms with Crippen molar-refractivity contribution < 1.29 is 9.90 Å². The van der Waals surface area contributed by atoms with Gasteiger partial charge in [0.25, 0.3) is 5.56 Å². The van der Waals surface area contributed by atoms with E-state index in [9.17, 15) is 14.7 Å². The summed E-state index contributed by atoms with van der Waals surface area (Å²) in [5.41, 5.74) is -0.820. The van der Waals surface area contributed by atoms with E-state index < -0.39 is 11.4 Å². The Labute approximate surface area is 111 Å². The number of anilines is 1. The maximum atomic E-state index is 11.5. The molecule has 1 aliphatic heterocycles. The first-order valence-corrected chi connectivity index (χ1v) is 6.53. The zero-order chi connectivity index (χ0) is 14.0. The minimum Gasteiger partial charge on any atom is -0.481 e. The van der Waals surface area contributed by atoms with Crippen molar-refractivity contribution in [2.24, 2.45) is 5.41 Å². The predicted octanol–water partition coefficient (Wildman–Crippen LogP) is 1.02. The van der Waals surface area contributed by atoms with Crippen molar-refractivity contribution in [2.45, 2.75) is 33.1 Å². The summed E-state index contributed by atoms with van der Waals surface area (Å²) in [6.45, 7) is 4.93. The molecule has 0 spiro atoms. The van der Waals surface area contributed by atoms with Gasteiger partial charge in [0, 0.05) is 25.6 Å². The highest BCUT2D eigenvalue weighted by molar-refractivity contribution is 5.74. The second-order valence-electron chi connectivity index (χ2n) is 5.26. The molecule has 1 fully saturated rings. The zero-order valence-corrected chi connectivity index (χ0v) is 11.3. The van der Waals surface area contributed by atoms with Crippen LogP contribution in [0.2, 0.25) is 0 Å². The number of carbonyl (C=O) groups is 1. The van der Waals surface area contributed by atoms with Crippen LogP contribution in [-0.2, 0) is 11.2 Å². The quantitative estimate of drug-likeness (QED) is 0.852. The monoisotopic (exact) mass is 265 g/mol. The Hall–Kier alpha value is -1.85. The Morgan fingerprint density at radius 3 is 2.68 bits per heavy atom. The lowest BCUT2D eigenvalue weighted by atomic mass is 9.80. The van der Waals surface area contributed by atoms with Gasteiger partial charge < -0.3 is 15.0 Å². The fourth-order valence-electron chi connectivity index (χ4n) is 2.27. The van der Waals surface area contributed by atoms with Crippen molar-refractivity contribution in [2.75, 3.05) is 18.0 Å². The molecule has 0 radical (unpaired) electrons. The van der Waals surface area contributed by atoms with E-state index in [2.05, 4.69) is 9.97 Å². The van der Waals surface area contributed by atoms with Crippen molar-refractivity contribution in [1.82, 2.24) is 9.97 Å². The molecule has 0 saturated carbocycles. The average Bonchev–Trinajstić information content (AvgIpc) is 2.38. The maximum absolute atomic E-state index is 11.5. The van der Waals surface area contributed by atoms with Crippen LogP contribution in [0.5, 0.6) is 0 Å². The van der Waals surface area contributed by atoms with Crippen molar-refractivity contribution in [3.05, 3.63) is 22.2 Å². The minimum absolute atomic E-state index is 0.159. The van der Waals surface area contributed by atoms with Crippen LogP contribution in [0.15, 0.2) is 10.9 Å². The molecule has 1 saturated heterocycles. The first kappa shape index (κ1) is 13.6. The maximum Gasteiger partial charge on any atom is 0.309 e. The Bertz CT molecular complexity index is 530. The van der Waals surface area contributed by atoms with E-state index in [4.69, 9.17) is 0 Å². The molecule has 0 bridgehead atoms. The van der Waals surface area contributed by atoms with Crippen molar-refractivity contribution >= 4 is 11.8 Å². The molecule has 0 amide bonds. The Morgan fingerprint density at radius 1 is 1.53 bits per heavy atom. The van der Waals surface area contributed by atoms with Crippen LogP contribution in [0, 0.1) is 5.41 Å². The highest BCUT2D eigenvalue weighted by Gasteiger charge is 2.37. The number of piperidine rings is 1. The summed E-state index contributed by atoms with van der Waals surface area (Å²) in [6, 6.07) is 1.47. The van der Waals surface area contributed by atoms with Crippen LogP contribution >= 0.6 is 0 Å². The van der Waals surface area contributed by atoms with Gasteiger partial charge in [0.2, 0.25) is 0 Å². The number of carboxylic acids is 1. The standard InChI is InChI=1S/C13H19N3O3/c1-3-9-14-10(8-11(17)15-9)16-6-4-13(2,5-7-16)12(18)19/h8H,3-7H2,1-2H3,(H,18,19)(H,14,15,17). The number of aromatic amines is 1. The molecular formula is C13H19N3O3. The van der Waals surface area contributed by atoms with Gasteiger partial charge in [-0.05, 0) is 19.8 Å². The van der Waals surface area contributed by atoms with E-state index in [0.717, 1.165) is 0 Å². The zero-order valence-electron chi connectivity index (χ0n) is 11.3. The van der Waals surface area contributed by atoms with Crippen molar-refractivity contribution in [3.63, 3.8) is 0 Å². The van der Waals surface area contributed by atoms with Crippen LogP contribution in [0.3, 0.4) is 0 Å². The number of hydrogen-bond donors (Lipinski definition) is 2. The molecule has 1 aromatic rings. The largest absolute Gasteiger partial charge is 0.481 e. The van der Waals surface area contributed by atoms with Crippen LogP contribution in [0.4, 0.5) is 5.82 Å². The van der Waals surface area contributed by atoms with Crippen LogP contribution in [0.25, 0.3) is 0 Å². The summed E-state index contributed by atoms with van der Waals surface area (Å²) in [7, 11) is 0. The summed E-state index contributed by atoms with van der Waals surface area (Å²) < 4.78 is 0. The number of aromatic nitrogens is 2. The highest BCUT2D eigenvalue weighted by Crippen LogP contribution is 2.32. The third kappa shape index (κ3) is 2.77. The van der Waals surface area contributed by atoms with Gasteiger partial charge in [0.05, 0.1) is 5.41 Å². The summed E-state index contributed by atoms with van der Waals surface area (Å²) in [5.74, 6) is 0.558. The summed E-state index contributed by atoms with van der Waals surface area (Å²) in [4.78, 5) is 31.8. The van der Waals surface area contributed by atoms with Crippen LogP contribution < -0.4 is 10.5 Å². The van der Waals surface area contributed by atoms with Gasteiger partial charge in [-0.2, -0.15) is 0 Å². The molecule has 104 valence electrons. The number of nitrogens with zero attached hydrogens (tertiary/aromatic N) is 2. The lowest BCUT2D eigenvalue weighted by molar-refractivity contribution is -0.149. The van der Waals surface area contributed by atoms with Crippen LogP contribution in [-0.4, -0.2) is 34.1 Å². The molecule has 6 nitrogen and oxygen atoms in total. The molecule has 6 heteroatoms. The molecule has 0 unspecified atom stereocenters. The smallest absolute Gasteiger partial charge is 0.309 e. The first-order chi connectivity index (χ1) is 8.94. The Balaban J connectivity index is 2.16. The van der Waals surface area contributed by atoms with Gasteiger partial charge >= 0.3 is 5.97 Å². The molecule has 2 rings (SSSR count). The van der Waals surface area contributed by atoms with Crippen molar-refractivity contribution in [1.29, 1.82) is 0 Å². The van der Waals surface area contributed by atoms with E-state index in [1.165, 1.54) is 6.07 Å². The molecule has 2 N–H and O–H groups in total. The fourth-order valence-corrected chi connectivity index (χ4v) is 2.27. The normalized spacial score (nSPS) is 18.3. The summed E-state index contributed by atoms with van der Waals surface area (Å²) in [6.07, 6.45) is 1.81. The fraction of sp³-hybridized carbons (Fsp3) is 0.615. The van der Waals surface area contributed by atoms with Gasteiger partial charge in [-0.3, -0.25) is 9.59 Å². The lowest BCUT2D eigenvalue weighted by Crippen LogP contribution is -2.43. The predicted molar refractivity (Wildman–Crippen MR) is 71.4 cm³/mol. The molecule has 0 aliphatic carbocycles. The number of carboxylic acid groups (broad SMARTS) is 1. The molecule has 1 aliphatic rings. The molecule has 0 atom stereocenters. The summed E-state index contributed by atoms with van der Waals surface area (Å²) in [5, 5.41) is 9.19. The third-order valence-corrected chi connectivity index (χ3v) is 3.82. The minimum atomic E-state index is -0.750. The molecule has 2 heterocycles. The van der Waals surface area contributed by atoms with E-state index in [0.29, 0.717) is 44.0 Å². The average molecular weight is 265 g/mol. The number of rotatable bonds is 3. The highest BCUT2D eigenvalue weighted by atomic mass is 16.4. The summed E-state index contributed by atoms with van der Waals surface area (Å²) >= 11 is 0. The molecule has 0 aromatic carbocycles.